The molecule has 142 valence electrons. The Bertz CT molecular complexity index is 865. The third-order valence-corrected chi connectivity index (χ3v) is 4.43. The first-order valence-electron chi connectivity index (χ1n) is 8.72. The van der Waals surface area contributed by atoms with Crippen molar-refractivity contribution < 1.29 is 24.2 Å². The lowest BCUT2D eigenvalue weighted by molar-refractivity contribution is -0.142. The van der Waals surface area contributed by atoms with Crippen molar-refractivity contribution in [3.8, 4) is 11.5 Å². The van der Waals surface area contributed by atoms with Gasteiger partial charge in [-0.1, -0.05) is 24.3 Å². The number of hydrogen-bond acceptors (Lipinski definition) is 5. The van der Waals surface area contributed by atoms with E-state index in [0.717, 1.165) is 11.1 Å². The summed E-state index contributed by atoms with van der Waals surface area (Å²) in [5.74, 6) is -0.674. The fraction of sp³-hybridized carbons (Fsp3) is 0.350. The topological polar surface area (TPSA) is 89.0 Å². The van der Waals surface area contributed by atoms with Crippen molar-refractivity contribution >= 4 is 11.9 Å². The van der Waals surface area contributed by atoms with Gasteiger partial charge in [-0.25, -0.2) is 9.78 Å². The van der Waals surface area contributed by atoms with Crippen molar-refractivity contribution in [1.29, 1.82) is 0 Å². The van der Waals surface area contributed by atoms with Gasteiger partial charge in [-0.3, -0.25) is 4.79 Å². The second-order valence-electron chi connectivity index (χ2n) is 6.65. The number of methoxy groups -OCH3 is 1. The van der Waals surface area contributed by atoms with Crippen LogP contribution in [0.2, 0.25) is 0 Å². The van der Waals surface area contributed by atoms with Crippen LogP contribution < -0.4 is 9.47 Å². The Morgan fingerprint density at radius 1 is 1.22 bits per heavy atom. The van der Waals surface area contributed by atoms with Crippen LogP contribution in [0.1, 0.15) is 35.5 Å². The first-order valence-corrected chi connectivity index (χ1v) is 8.72. The lowest BCUT2D eigenvalue weighted by Crippen LogP contribution is -2.48. The van der Waals surface area contributed by atoms with Gasteiger partial charge in [0, 0.05) is 19.0 Å². The second kappa shape index (κ2) is 7.65. The van der Waals surface area contributed by atoms with E-state index >= 15 is 0 Å². The number of carboxylic acid groups (broad SMARTS) is 1. The van der Waals surface area contributed by atoms with Gasteiger partial charge < -0.3 is 19.5 Å². The number of fused-ring (bicyclic) bond motifs is 1. The van der Waals surface area contributed by atoms with Crippen LogP contribution in [-0.4, -0.2) is 46.1 Å². The fourth-order valence-corrected chi connectivity index (χ4v) is 3.14. The zero-order chi connectivity index (χ0) is 19.6. The van der Waals surface area contributed by atoms with E-state index in [1.165, 1.54) is 24.3 Å². The van der Waals surface area contributed by atoms with E-state index < -0.39 is 17.9 Å². The van der Waals surface area contributed by atoms with E-state index in [0.29, 0.717) is 11.5 Å². The molecule has 0 aliphatic carbocycles. The van der Waals surface area contributed by atoms with Crippen LogP contribution in [0.3, 0.4) is 0 Å². The number of ether oxygens (including phenoxy) is 2. The summed E-state index contributed by atoms with van der Waals surface area (Å²) in [5, 5.41) is 9.63. The molecule has 1 N–H and O–H groups in total. The van der Waals surface area contributed by atoms with Gasteiger partial charge in [-0.15, -0.1) is 0 Å². The Morgan fingerprint density at radius 3 is 2.56 bits per heavy atom. The summed E-state index contributed by atoms with van der Waals surface area (Å²) in [4.78, 5) is 30.3. The van der Waals surface area contributed by atoms with Crippen molar-refractivity contribution in [3.63, 3.8) is 0 Å². The minimum absolute atomic E-state index is 0.113. The van der Waals surface area contributed by atoms with Crippen molar-refractivity contribution in [2.75, 3.05) is 7.11 Å². The highest BCUT2D eigenvalue weighted by Gasteiger charge is 2.35. The van der Waals surface area contributed by atoms with Crippen LogP contribution in [0.25, 0.3) is 0 Å². The molecule has 0 radical (unpaired) electrons. The average molecular weight is 370 g/mol. The maximum Gasteiger partial charge on any atom is 0.326 e. The molecule has 1 atom stereocenters. The van der Waals surface area contributed by atoms with Gasteiger partial charge in [0.15, 0.2) is 11.5 Å². The smallest absolute Gasteiger partial charge is 0.326 e. The van der Waals surface area contributed by atoms with Crippen LogP contribution in [0.5, 0.6) is 11.5 Å². The largest absolute Gasteiger partial charge is 0.491 e. The summed E-state index contributed by atoms with van der Waals surface area (Å²) in [5.41, 5.74) is 2.01. The van der Waals surface area contributed by atoms with Gasteiger partial charge in [0.05, 0.1) is 19.4 Å². The fourth-order valence-electron chi connectivity index (χ4n) is 3.14. The molecule has 0 fully saturated rings. The Morgan fingerprint density at radius 2 is 1.93 bits per heavy atom. The standard InChI is InChI=1S/C20H22N2O5/c1-12(2)27-17-9-15(21-10-18(17)26-3)19(23)22-11-14-7-5-4-6-13(14)8-16(22)20(24)25/h4-7,9-10,12,16H,8,11H2,1-3H3,(H,24,25)/t16-/m0/s1. The van der Waals surface area contributed by atoms with E-state index in [9.17, 15) is 14.7 Å². The first kappa shape index (κ1) is 18.7. The first-order chi connectivity index (χ1) is 12.9. The van der Waals surface area contributed by atoms with E-state index in [1.807, 2.05) is 38.1 Å². The van der Waals surface area contributed by atoms with Crippen molar-refractivity contribution in [2.24, 2.45) is 0 Å². The van der Waals surface area contributed by atoms with Crippen LogP contribution in [0.4, 0.5) is 0 Å². The minimum Gasteiger partial charge on any atom is -0.491 e. The van der Waals surface area contributed by atoms with Crippen LogP contribution >= 0.6 is 0 Å². The average Bonchev–Trinajstić information content (AvgIpc) is 2.65. The zero-order valence-electron chi connectivity index (χ0n) is 15.5. The highest BCUT2D eigenvalue weighted by molar-refractivity contribution is 5.95. The van der Waals surface area contributed by atoms with Crippen LogP contribution in [0, 0.1) is 0 Å². The van der Waals surface area contributed by atoms with Gasteiger partial charge in [-0.05, 0) is 25.0 Å². The molecule has 1 aliphatic heterocycles. The molecule has 7 nitrogen and oxygen atoms in total. The number of amides is 1. The number of hydrogen-bond donors (Lipinski definition) is 1. The molecule has 2 heterocycles. The molecule has 7 heteroatoms. The quantitative estimate of drug-likeness (QED) is 0.870. The van der Waals surface area contributed by atoms with Crippen molar-refractivity contribution in [1.82, 2.24) is 9.88 Å². The summed E-state index contributed by atoms with van der Waals surface area (Å²) in [7, 11) is 1.49. The third-order valence-electron chi connectivity index (χ3n) is 4.43. The number of rotatable bonds is 5. The molecule has 1 aliphatic rings. The van der Waals surface area contributed by atoms with Crippen LogP contribution in [0.15, 0.2) is 36.5 Å². The highest BCUT2D eigenvalue weighted by atomic mass is 16.5. The lowest BCUT2D eigenvalue weighted by Gasteiger charge is -2.34. The Labute approximate surface area is 157 Å². The predicted molar refractivity (Wildman–Crippen MR) is 98.0 cm³/mol. The summed E-state index contributed by atoms with van der Waals surface area (Å²) in [6.07, 6.45) is 1.57. The molecule has 0 bridgehead atoms. The number of pyridine rings is 1. The molecular weight excluding hydrogens is 348 g/mol. The maximum absolute atomic E-state index is 13.1. The molecular formula is C20H22N2O5. The number of carbonyl (C=O) groups excluding carboxylic acids is 1. The summed E-state index contributed by atoms with van der Waals surface area (Å²) >= 11 is 0. The molecule has 0 saturated carbocycles. The zero-order valence-corrected chi connectivity index (χ0v) is 15.5. The minimum atomic E-state index is -1.04. The molecule has 0 saturated heterocycles. The Hall–Kier alpha value is -3.09. The van der Waals surface area contributed by atoms with E-state index in [-0.39, 0.29) is 24.8 Å². The normalized spacial score (nSPS) is 16.0. The predicted octanol–water partition coefficient (Wildman–Crippen LogP) is 2.53. The lowest BCUT2D eigenvalue weighted by atomic mass is 9.93. The molecule has 27 heavy (non-hydrogen) atoms. The monoisotopic (exact) mass is 370 g/mol. The number of aliphatic carboxylic acids is 1. The summed E-state index contributed by atoms with van der Waals surface area (Å²) in [6, 6.07) is 8.11. The van der Waals surface area contributed by atoms with Crippen LogP contribution in [-0.2, 0) is 17.8 Å². The maximum atomic E-state index is 13.1. The number of benzene rings is 1. The molecule has 1 aromatic heterocycles. The van der Waals surface area contributed by atoms with Gasteiger partial charge >= 0.3 is 5.97 Å². The number of aromatic nitrogens is 1. The molecule has 0 spiro atoms. The number of nitrogens with zero attached hydrogens (tertiary/aromatic N) is 2. The summed E-state index contributed by atoms with van der Waals surface area (Å²) in [6.45, 7) is 3.95. The van der Waals surface area contributed by atoms with E-state index in [2.05, 4.69) is 4.98 Å². The van der Waals surface area contributed by atoms with Gasteiger partial charge in [0.1, 0.15) is 11.7 Å². The molecule has 3 rings (SSSR count). The van der Waals surface area contributed by atoms with Gasteiger partial charge in [0.25, 0.3) is 5.91 Å². The van der Waals surface area contributed by atoms with Gasteiger partial charge in [-0.2, -0.15) is 0 Å². The molecule has 2 aromatic rings. The van der Waals surface area contributed by atoms with Crippen molar-refractivity contribution in [2.45, 2.75) is 39.0 Å². The van der Waals surface area contributed by atoms with E-state index in [4.69, 9.17) is 9.47 Å². The van der Waals surface area contributed by atoms with Crippen molar-refractivity contribution in [3.05, 3.63) is 53.3 Å². The highest BCUT2D eigenvalue weighted by Crippen LogP contribution is 2.30. The van der Waals surface area contributed by atoms with E-state index in [1.54, 1.807) is 0 Å². The SMILES string of the molecule is COc1cnc(C(=O)N2Cc3ccccc3C[C@H]2C(=O)O)cc1OC(C)C. The molecule has 0 unspecified atom stereocenters. The third kappa shape index (κ3) is 3.86. The second-order valence-corrected chi connectivity index (χ2v) is 6.65. The number of carboxylic acids is 1. The number of carbonyl (C=O) groups is 2. The Balaban J connectivity index is 1.95. The molecule has 1 amide bonds. The Kier molecular flexibility index (Phi) is 5.30. The van der Waals surface area contributed by atoms with Gasteiger partial charge in [0.2, 0.25) is 0 Å². The molecule has 1 aromatic carbocycles. The summed E-state index contributed by atoms with van der Waals surface area (Å²) < 4.78 is 10.9.